The second kappa shape index (κ2) is 7.25. The first kappa shape index (κ1) is 20.2. The Bertz CT molecular complexity index is 2150. The summed E-state index contributed by atoms with van der Waals surface area (Å²) in [7, 11) is -0.986. The molecule has 8 aromatic rings. The molecule has 2 N–H and O–H groups in total. The van der Waals surface area contributed by atoms with Crippen LogP contribution in [0.1, 0.15) is 0 Å². The van der Waals surface area contributed by atoms with Crippen molar-refractivity contribution in [2.75, 3.05) is 0 Å². The van der Waals surface area contributed by atoms with E-state index in [1.807, 2.05) is 24.3 Å². The Balaban J connectivity index is 1.55. The highest BCUT2D eigenvalue weighted by Gasteiger charge is 2.22. The largest absolute Gasteiger partial charge is 0.492 e. The molecule has 1 atom stereocenters. The van der Waals surface area contributed by atoms with E-state index in [0.717, 1.165) is 33.1 Å². The first-order chi connectivity index (χ1) is 17.7. The average Bonchev–Trinajstić information content (AvgIpc) is 3.57. The van der Waals surface area contributed by atoms with Crippen molar-refractivity contribution in [1.29, 1.82) is 0 Å². The van der Waals surface area contributed by atoms with Crippen LogP contribution in [0.25, 0.3) is 70.4 Å². The lowest BCUT2D eigenvalue weighted by atomic mass is 9.79. The molecule has 4 nitrogen and oxygen atoms in total. The molecular formula is C30H19BNO3P. The Morgan fingerprint density at radius 2 is 1.33 bits per heavy atom. The molecule has 0 radical (unpaired) electrons. The molecule has 0 bridgehead atoms. The van der Waals surface area contributed by atoms with Crippen LogP contribution >= 0.6 is 8.19 Å². The summed E-state index contributed by atoms with van der Waals surface area (Å²) in [6, 6.07) is 33.4. The highest BCUT2D eigenvalue weighted by molar-refractivity contribution is 7.44. The fraction of sp³-hybridized carbons (Fsp3) is 0. The van der Waals surface area contributed by atoms with E-state index >= 15 is 0 Å². The molecule has 8 rings (SSSR count). The van der Waals surface area contributed by atoms with Gasteiger partial charge in [0.1, 0.15) is 5.58 Å². The topological polar surface area (TPSA) is 58.5 Å². The van der Waals surface area contributed by atoms with Crippen LogP contribution in [0.5, 0.6) is 0 Å². The molecule has 0 aliphatic heterocycles. The maximum Gasteiger partial charge on any atom is 0.492 e. The van der Waals surface area contributed by atoms with Gasteiger partial charge in [0.05, 0.1) is 16.7 Å². The number of aromatic nitrogens is 1. The van der Waals surface area contributed by atoms with Gasteiger partial charge in [-0.15, -0.1) is 8.19 Å². The lowest BCUT2D eigenvalue weighted by Gasteiger charge is -2.08. The second-order valence-corrected chi connectivity index (χ2v) is 10.5. The monoisotopic (exact) mass is 483 g/mol. The first-order valence-electron chi connectivity index (χ1n) is 11.9. The third-order valence-corrected chi connectivity index (χ3v) is 8.84. The summed E-state index contributed by atoms with van der Waals surface area (Å²) in [6.45, 7) is 0. The number of fused-ring (bicyclic) bond motifs is 10. The highest BCUT2D eigenvalue weighted by Crippen LogP contribution is 2.46. The van der Waals surface area contributed by atoms with E-state index in [-0.39, 0.29) is 0 Å². The van der Waals surface area contributed by atoms with E-state index in [4.69, 9.17) is 4.42 Å². The lowest BCUT2D eigenvalue weighted by molar-refractivity contribution is 0.425. The number of para-hydroxylation sites is 3. The Morgan fingerprint density at radius 3 is 2.19 bits per heavy atom. The first-order valence-corrected chi connectivity index (χ1v) is 12.9. The molecule has 0 aliphatic rings. The zero-order chi connectivity index (χ0) is 24.0. The van der Waals surface area contributed by atoms with E-state index in [1.54, 1.807) is 6.07 Å². The molecule has 3 heterocycles. The Morgan fingerprint density at radius 1 is 0.611 bits per heavy atom. The summed E-state index contributed by atoms with van der Waals surface area (Å²) in [4.78, 5) is 0. The molecule has 0 saturated carbocycles. The minimum atomic E-state index is -1.60. The molecule has 0 spiro atoms. The Labute approximate surface area is 207 Å². The minimum absolute atomic E-state index is 0.369. The molecule has 0 amide bonds. The van der Waals surface area contributed by atoms with Gasteiger partial charge in [0.2, 0.25) is 0 Å². The van der Waals surface area contributed by atoms with Gasteiger partial charge in [-0.05, 0) is 34.1 Å². The van der Waals surface area contributed by atoms with Gasteiger partial charge < -0.3 is 19.0 Å². The van der Waals surface area contributed by atoms with Gasteiger partial charge in [-0.3, -0.25) is 0 Å². The van der Waals surface area contributed by atoms with Crippen molar-refractivity contribution in [1.82, 2.24) is 4.57 Å². The predicted molar refractivity (Wildman–Crippen MR) is 152 cm³/mol. The molecule has 1 unspecified atom stereocenters. The van der Waals surface area contributed by atoms with Crippen molar-refractivity contribution in [2.45, 2.75) is 0 Å². The summed E-state index contributed by atoms with van der Waals surface area (Å²) in [5, 5.41) is 29.7. The number of furan rings is 1. The van der Waals surface area contributed by atoms with E-state index < -0.39 is 7.12 Å². The van der Waals surface area contributed by atoms with Crippen molar-refractivity contribution in [3.05, 3.63) is 97.1 Å². The van der Waals surface area contributed by atoms with E-state index in [9.17, 15) is 10.0 Å². The lowest BCUT2D eigenvalue weighted by Crippen LogP contribution is -2.29. The van der Waals surface area contributed by atoms with Crippen LogP contribution in [0, 0.1) is 0 Å². The summed E-state index contributed by atoms with van der Waals surface area (Å²) in [6.07, 6.45) is 0. The highest BCUT2D eigenvalue weighted by atomic mass is 31.0. The number of rotatable bonds is 2. The third-order valence-electron chi connectivity index (χ3n) is 7.37. The molecule has 0 saturated heterocycles. The molecule has 3 aromatic heterocycles. The maximum atomic E-state index is 9.94. The molecule has 0 aliphatic carbocycles. The van der Waals surface area contributed by atoms with Crippen LogP contribution in [-0.2, 0) is 0 Å². The van der Waals surface area contributed by atoms with Crippen molar-refractivity contribution in [3.8, 4) is 5.69 Å². The van der Waals surface area contributed by atoms with Crippen LogP contribution < -0.4 is 5.46 Å². The Kier molecular flexibility index (Phi) is 4.07. The van der Waals surface area contributed by atoms with Gasteiger partial charge in [-0.25, -0.2) is 0 Å². The van der Waals surface area contributed by atoms with E-state index in [1.165, 1.54) is 31.8 Å². The SMILES string of the molecule is OB(O)c1cccc2c1oc1c(-n3c4ccccc4c4c5[pH]c6ccccc6c5ccc43)cccc12. The molecule has 6 heteroatoms. The molecule has 36 heavy (non-hydrogen) atoms. The van der Waals surface area contributed by atoms with Crippen molar-refractivity contribution < 1.29 is 14.5 Å². The predicted octanol–water partition coefficient (Wildman–Crippen LogP) is 6.70. The van der Waals surface area contributed by atoms with Gasteiger partial charge in [-0.1, -0.05) is 78.9 Å². The van der Waals surface area contributed by atoms with Crippen molar-refractivity contribution in [2.24, 2.45) is 0 Å². The Hall–Kier alpha value is -4.02. The van der Waals surface area contributed by atoms with Gasteiger partial charge in [0, 0.05) is 32.1 Å². The van der Waals surface area contributed by atoms with Crippen LogP contribution in [0.4, 0.5) is 0 Å². The normalized spacial score (nSPS) is 12.4. The summed E-state index contributed by atoms with van der Waals surface area (Å²) in [5.74, 6) is 0. The third kappa shape index (κ3) is 2.57. The van der Waals surface area contributed by atoms with Crippen molar-refractivity contribution in [3.63, 3.8) is 0 Å². The second-order valence-electron chi connectivity index (χ2n) is 9.26. The quantitative estimate of drug-likeness (QED) is 0.269. The van der Waals surface area contributed by atoms with Crippen molar-refractivity contribution >= 4 is 85.5 Å². The van der Waals surface area contributed by atoms with Crippen LogP contribution in [0.15, 0.2) is 101 Å². The van der Waals surface area contributed by atoms with E-state index in [0.29, 0.717) is 19.2 Å². The zero-order valence-electron chi connectivity index (χ0n) is 19.1. The average molecular weight is 483 g/mol. The number of benzene rings is 5. The number of nitrogens with zero attached hydrogens (tertiary/aromatic N) is 1. The fourth-order valence-electron chi connectivity index (χ4n) is 5.84. The minimum Gasteiger partial charge on any atom is -0.454 e. The maximum absolute atomic E-state index is 9.94. The van der Waals surface area contributed by atoms with Gasteiger partial charge in [0.25, 0.3) is 0 Å². The molecular weight excluding hydrogens is 464 g/mol. The van der Waals surface area contributed by atoms with Crippen LogP contribution in [0.2, 0.25) is 0 Å². The molecule has 0 fully saturated rings. The summed E-state index contributed by atoms with van der Waals surface area (Å²) >= 11 is 0. The molecule has 5 aromatic carbocycles. The van der Waals surface area contributed by atoms with E-state index in [2.05, 4.69) is 71.3 Å². The molecule has 170 valence electrons. The van der Waals surface area contributed by atoms with Gasteiger partial charge in [0.15, 0.2) is 5.58 Å². The van der Waals surface area contributed by atoms with Gasteiger partial charge in [-0.2, -0.15) is 0 Å². The zero-order valence-corrected chi connectivity index (χ0v) is 20.1. The standard InChI is InChI=1S/C30H19BNO3P/c33-31(34)22-11-5-9-18-19-10-6-13-25(29(19)35-28(18)22)32-23-12-3-1-8-21(23)27-24(32)16-15-20-17-7-2-4-14-26(17)36-30(20)27/h1-16,33-34,36H. The van der Waals surface area contributed by atoms with Crippen LogP contribution in [0.3, 0.4) is 0 Å². The number of hydrogen-bond donors (Lipinski definition) is 2. The summed E-state index contributed by atoms with van der Waals surface area (Å²) < 4.78 is 8.69. The van der Waals surface area contributed by atoms with Crippen LogP contribution in [-0.4, -0.2) is 21.7 Å². The summed E-state index contributed by atoms with van der Waals surface area (Å²) in [5.41, 5.74) is 4.81. The van der Waals surface area contributed by atoms with Gasteiger partial charge >= 0.3 is 7.12 Å². The number of hydrogen-bond acceptors (Lipinski definition) is 3. The smallest absolute Gasteiger partial charge is 0.454 e. The fourth-order valence-corrected chi connectivity index (χ4v) is 7.38.